The third-order valence-electron chi connectivity index (χ3n) is 3.09. The Labute approximate surface area is 115 Å². The van der Waals surface area contributed by atoms with Gasteiger partial charge in [-0.05, 0) is 53.5 Å². The number of carbonyl (C=O) groups excluding carboxylic acids is 1. The number of anilines is 1. The fourth-order valence-electron chi connectivity index (χ4n) is 2.06. The molecule has 1 atom stereocenters. The molecule has 0 spiro atoms. The Morgan fingerprint density at radius 2 is 2.39 bits per heavy atom. The van der Waals surface area contributed by atoms with E-state index < -0.39 is 0 Å². The van der Waals surface area contributed by atoms with E-state index in [4.69, 9.17) is 4.74 Å². The maximum absolute atomic E-state index is 12.0. The zero-order valence-electron chi connectivity index (χ0n) is 10.3. The lowest BCUT2D eigenvalue weighted by molar-refractivity contribution is -0.120. The van der Waals surface area contributed by atoms with Crippen LogP contribution in [0.2, 0.25) is 0 Å². The molecule has 1 aliphatic rings. The summed E-state index contributed by atoms with van der Waals surface area (Å²) in [6, 6.07) is 5.53. The minimum Gasteiger partial charge on any atom is -0.496 e. The summed E-state index contributed by atoms with van der Waals surface area (Å²) in [6.07, 6.45) is 2.01. The van der Waals surface area contributed by atoms with Crippen molar-refractivity contribution < 1.29 is 9.53 Å². The molecular weight excluding hydrogens is 296 g/mol. The predicted molar refractivity (Wildman–Crippen MR) is 74.9 cm³/mol. The zero-order chi connectivity index (χ0) is 13.0. The fraction of sp³-hybridized carbons (Fsp3) is 0.462. The van der Waals surface area contributed by atoms with Gasteiger partial charge in [0.1, 0.15) is 5.75 Å². The average molecular weight is 313 g/mol. The van der Waals surface area contributed by atoms with Gasteiger partial charge in [-0.25, -0.2) is 0 Å². The van der Waals surface area contributed by atoms with Crippen molar-refractivity contribution in [2.24, 2.45) is 5.92 Å². The van der Waals surface area contributed by atoms with Crippen molar-refractivity contribution in [3.8, 4) is 5.75 Å². The number of rotatable bonds is 3. The zero-order valence-corrected chi connectivity index (χ0v) is 11.9. The first-order valence-corrected chi connectivity index (χ1v) is 6.85. The Kier molecular flexibility index (Phi) is 4.60. The number of carbonyl (C=O) groups is 1. The molecule has 0 bridgehead atoms. The van der Waals surface area contributed by atoms with E-state index in [1.165, 1.54) is 0 Å². The molecule has 2 rings (SSSR count). The first-order chi connectivity index (χ1) is 8.70. The molecule has 1 saturated heterocycles. The van der Waals surface area contributed by atoms with Crippen LogP contribution in [0.3, 0.4) is 0 Å². The monoisotopic (exact) mass is 312 g/mol. The molecular formula is C13H17BrN2O2. The van der Waals surface area contributed by atoms with Crippen LogP contribution in [-0.4, -0.2) is 26.1 Å². The van der Waals surface area contributed by atoms with Crippen molar-refractivity contribution >= 4 is 27.5 Å². The van der Waals surface area contributed by atoms with Crippen LogP contribution in [0.5, 0.6) is 5.75 Å². The average Bonchev–Trinajstić information content (AvgIpc) is 2.40. The molecule has 1 fully saturated rings. The molecule has 5 heteroatoms. The van der Waals surface area contributed by atoms with Gasteiger partial charge in [-0.1, -0.05) is 0 Å². The number of nitrogens with one attached hydrogen (secondary N) is 2. The van der Waals surface area contributed by atoms with Crippen molar-refractivity contribution in [3.05, 3.63) is 22.7 Å². The normalized spacial score (nSPS) is 19.3. The summed E-state index contributed by atoms with van der Waals surface area (Å²) in [5.41, 5.74) is 0.790. The van der Waals surface area contributed by atoms with Gasteiger partial charge >= 0.3 is 0 Å². The van der Waals surface area contributed by atoms with Crippen molar-refractivity contribution in [1.82, 2.24) is 5.32 Å². The SMILES string of the molecule is COc1ccc(NC(=O)C2CCCNC2)cc1Br. The third kappa shape index (κ3) is 3.23. The summed E-state index contributed by atoms with van der Waals surface area (Å²) in [5.74, 6) is 0.909. The molecule has 1 aliphatic heterocycles. The molecule has 1 heterocycles. The summed E-state index contributed by atoms with van der Waals surface area (Å²) in [5, 5.41) is 6.18. The second-order valence-electron chi connectivity index (χ2n) is 4.38. The van der Waals surface area contributed by atoms with Crippen molar-refractivity contribution in [1.29, 1.82) is 0 Å². The van der Waals surface area contributed by atoms with Gasteiger partial charge in [-0.15, -0.1) is 0 Å². The molecule has 18 heavy (non-hydrogen) atoms. The molecule has 1 unspecified atom stereocenters. The van der Waals surface area contributed by atoms with Gasteiger partial charge < -0.3 is 15.4 Å². The first kappa shape index (κ1) is 13.4. The lowest BCUT2D eigenvalue weighted by Crippen LogP contribution is -2.37. The summed E-state index contributed by atoms with van der Waals surface area (Å²) in [6.45, 7) is 1.78. The van der Waals surface area contributed by atoms with Crippen LogP contribution >= 0.6 is 15.9 Å². The van der Waals surface area contributed by atoms with E-state index in [-0.39, 0.29) is 11.8 Å². The van der Waals surface area contributed by atoms with E-state index >= 15 is 0 Å². The Hall–Kier alpha value is -1.07. The Bertz CT molecular complexity index is 431. The van der Waals surface area contributed by atoms with E-state index in [0.717, 1.165) is 41.8 Å². The van der Waals surface area contributed by atoms with Gasteiger partial charge in [0.15, 0.2) is 0 Å². The third-order valence-corrected chi connectivity index (χ3v) is 3.71. The Morgan fingerprint density at radius 1 is 1.56 bits per heavy atom. The molecule has 0 aliphatic carbocycles. The lowest BCUT2D eigenvalue weighted by Gasteiger charge is -2.22. The van der Waals surface area contributed by atoms with Crippen LogP contribution < -0.4 is 15.4 Å². The minimum atomic E-state index is 0.0691. The van der Waals surface area contributed by atoms with Crippen LogP contribution in [0.4, 0.5) is 5.69 Å². The minimum absolute atomic E-state index is 0.0691. The highest BCUT2D eigenvalue weighted by atomic mass is 79.9. The number of amides is 1. The number of benzene rings is 1. The highest BCUT2D eigenvalue weighted by molar-refractivity contribution is 9.10. The molecule has 0 aromatic heterocycles. The summed E-state index contributed by atoms with van der Waals surface area (Å²) < 4.78 is 5.99. The summed E-state index contributed by atoms with van der Waals surface area (Å²) in [4.78, 5) is 12.0. The van der Waals surface area contributed by atoms with E-state index in [1.54, 1.807) is 7.11 Å². The van der Waals surface area contributed by atoms with Gasteiger partial charge in [0.25, 0.3) is 0 Å². The van der Waals surface area contributed by atoms with Crippen LogP contribution in [0.1, 0.15) is 12.8 Å². The molecule has 2 N–H and O–H groups in total. The summed E-state index contributed by atoms with van der Waals surface area (Å²) >= 11 is 3.40. The second kappa shape index (κ2) is 6.20. The number of halogens is 1. The van der Waals surface area contributed by atoms with Crippen molar-refractivity contribution in [2.45, 2.75) is 12.8 Å². The highest BCUT2D eigenvalue weighted by Crippen LogP contribution is 2.28. The number of methoxy groups -OCH3 is 1. The maximum atomic E-state index is 12.0. The maximum Gasteiger partial charge on any atom is 0.228 e. The topological polar surface area (TPSA) is 50.4 Å². The molecule has 1 amide bonds. The van der Waals surface area contributed by atoms with Gasteiger partial charge in [-0.2, -0.15) is 0 Å². The number of piperidine rings is 1. The van der Waals surface area contributed by atoms with Crippen LogP contribution in [0.25, 0.3) is 0 Å². The van der Waals surface area contributed by atoms with Crippen LogP contribution in [0, 0.1) is 5.92 Å². The van der Waals surface area contributed by atoms with E-state index in [0.29, 0.717) is 0 Å². The van der Waals surface area contributed by atoms with Gasteiger partial charge in [0.05, 0.1) is 17.5 Å². The van der Waals surface area contributed by atoms with Crippen LogP contribution in [0.15, 0.2) is 22.7 Å². The van der Waals surface area contributed by atoms with Crippen LogP contribution in [-0.2, 0) is 4.79 Å². The molecule has 4 nitrogen and oxygen atoms in total. The fourth-order valence-corrected chi connectivity index (χ4v) is 2.60. The molecule has 1 aromatic carbocycles. The number of ether oxygens (including phenoxy) is 1. The van der Waals surface area contributed by atoms with Crippen molar-refractivity contribution in [3.63, 3.8) is 0 Å². The molecule has 1 aromatic rings. The second-order valence-corrected chi connectivity index (χ2v) is 5.24. The van der Waals surface area contributed by atoms with Crippen molar-refractivity contribution in [2.75, 3.05) is 25.5 Å². The standard InChI is InChI=1S/C13H17BrN2O2/c1-18-12-5-4-10(7-11(12)14)16-13(17)9-3-2-6-15-8-9/h4-5,7,9,15H,2-3,6,8H2,1H3,(H,16,17). The smallest absolute Gasteiger partial charge is 0.228 e. The lowest BCUT2D eigenvalue weighted by atomic mass is 9.99. The highest BCUT2D eigenvalue weighted by Gasteiger charge is 2.20. The molecule has 0 radical (unpaired) electrons. The van der Waals surface area contributed by atoms with Gasteiger partial charge in [-0.3, -0.25) is 4.79 Å². The predicted octanol–water partition coefficient (Wildman–Crippen LogP) is 2.40. The Balaban J connectivity index is 2.00. The van der Waals surface area contributed by atoms with E-state index in [1.807, 2.05) is 18.2 Å². The van der Waals surface area contributed by atoms with E-state index in [9.17, 15) is 4.79 Å². The summed E-state index contributed by atoms with van der Waals surface area (Å²) in [7, 11) is 1.62. The molecule has 0 saturated carbocycles. The Morgan fingerprint density at radius 3 is 3.00 bits per heavy atom. The quantitative estimate of drug-likeness (QED) is 0.901. The molecule has 98 valence electrons. The largest absolute Gasteiger partial charge is 0.496 e. The van der Waals surface area contributed by atoms with Gasteiger partial charge in [0, 0.05) is 12.2 Å². The number of hydrogen-bond donors (Lipinski definition) is 2. The first-order valence-electron chi connectivity index (χ1n) is 6.06. The van der Waals surface area contributed by atoms with Gasteiger partial charge in [0.2, 0.25) is 5.91 Å². The number of hydrogen-bond acceptors (Lipinski definition) is 3. The van der Waals surface area contributed by atoms with E-state index in [2.05, 4.69) is 26.6 Å².